The molecule has 4 N–H and O–H groups in total. The van der Waals surface area contributed by atoms with Crippen LogP contribution in [0.3, 0.4) is 0 Å². The number of halogens is 1. The van der Waals surface area contributed by atoms with Crippen molar-refractivity contribution in [2.24, 2.45) is 5.73 Å². The summed E-state index contributed by atoms with van der Waals surface area (Å²) in [5.41, 5.74) is 4.99. The molecular formula is C13H11ClN2O4S. The summed E-state index contributed by atoms with van der Waals surface area (Å²) in [5.74, 6) is -1.32. The van der Waals surface area contributed by atoms with Gasteiger partial charge >= 0.3 is 0 Å². The summed E-state index contributed by atoms with van der Waals surface area (Å²) in [6.45, 7) is 0. The Bertz CT molecular complexity index is 806. The largest absolute Gasteiger partial charge is 0.507 e. The van der Waals surface area contributed by atoms with Gasteiger partial charge in [0.2, 0.25) is 0 Å². The lowest BCUT2D eigenvalue weighted by Crippen LogP contribution is -2.16. The fraction of sp³-hybridized carbons (Fsp3) is 0. The lowest BCUT2D eigenvalue weighted by atomic mass is 10.2. The van der Waals surface area contributed by atoms with Crippen molar-refractivity contribution in [2.45, 2.75) is 4.90 Å². The molecule has 0 fully saturated rings. The van der Waals surface area contributed by atoms with E-state index in [1.807, 2.05) is 0 Å². The molecule has 0 saturated carbocycles. The summed E-state index contributed by atoms with van der Waals surface area (Å²) < 4.78 is 26.8. The van der Waals surface area contributed by atoms with E-state index in [2.05, 4.69) is 4.72 Å². The van der Waals surface area contributed by atoms with Gasteiger partial charge in [-0.15, -0.1) is 0 Å². The van der Waals surface area contributed by atoms with Gasteiger partial charge in [0, 0.05) is 0 Å². The van der Waals surface area contributed by atoms with Crippen molar-refractivity contribution < 1.29 is 18.3 Å². The molecule has 0 bridgehead atoms. The van der Waals surface area contributed by atoms with Gasteiger partial charge in [0.1, 0.15) is 5.75 Å². The number of primary amides is 1. The molecule has 0 atom stereocenters. The van der Waals surface area contributed by atoms with Crippen molar-refractivity contribution >= 4 is 33.2 Å². The van der Waals surface area contributed by atoms with Crippen LogP contribution in [0.15, 0.2) is 47.4 Å². The molecule has 2 rings (SSSR count). The molecule has 0 unspecified atom stereocenters. The number of aromatic hydroxyl groups is 1. The highest BCUT2D eigenvalue weighted by molar-refractivity contribution is 7.92. The topological polar surface area (TPSA) is 109 Å². The van der Waals surface area contributed by atoms with E-state index in [9.17, 15) is 18.3 Å². The monoisotopic (exact) mass is 326 g/mol. The average molecular weight is 327 g/mol. The van der Waals surface area contributed by atoms with Gasteiger partial charge in [0.15, 0.2) is 0 Å². The molecule has 0 aliphatic heterocycles. The molecule has 21 heavy (non-hydrogen) atoms. The molecule has 0 heterocycles. The van der Waals surface area contributed by atoms with E-state index >= 15 is 0 Å². The third-order valence-electron chi connectivity index (χ3n) is 2.66. The van der Waals surface area contributed by atoms with Crippen molar-refractivity contribution in [3.63, 3.8) is 0 Å². The lowest BCUT2D eigenvalue weighted by Gasteiger charge is -2.10. The van der Waals surface area contributed by atoms with Crippen LogP contribution in [0.2, 0.25) is 5.02 Å². The van der Waals surface area contributed by atoms with Crippen molar-refractivity contribution in [1.29, 1.82) is 0 Å². The van der Waals surface area contributed by atoms with Gasteiger partial charge in [-0.3, -0.25) is 9.52 Å². The summed E-state index contributed by atoms with van der Waals surface area (Å²) in [5, 5.41) is 9.70. The number of anilines is 1. The number of carbonyl (C=O) groups excluding carboxylic acids is 1. The van der Waals surface area contributed by atoms with Gasteiger partial charge in [-0.25, -0.2) is 8.42 Å². The zero-order valence-electron chi connectivity index (χ0n) is 10.6. The third-order valence-corrected chi connectivity index (χ3v) is 4.35. The zero-order valence-corrected chi connectivity index (χ0v) is 12.1. The van der Waals surface area contributed by atoms with Crippen LogP contribution in [0.4, 0.5) is 5.69 Å². The molecule has 110 valence electrons. The molecule has 0 aromatic heterocycles. The molecule has 6 nitrogen and oxygen atoms in total. The number of amides is 1. The van der Waals surface area contributed by atoms with Gasteiger partial charge in [-0.05, 0) is 30.3 Å². The lowest BCUT2D eigenvalue weighted by molar-refractivity contribution is 0.0997. The first-order valence-corrected chi connectivity index (χ1v) is 7.57. The Labute approximate surface area is 126 Å². The van der Waals surface area contributed by atoms with E-state index in [0.29, 0.717) is 0 Å². The number of para-hydroxylation sites is 1. The molecular weight excluding hydrogens is 316 g/mol. The Kier molecular flexibility index (Phi) is 4.06. The van der Waals surface area contributed by atoms with Crippen LogP contribution >= 0.6 is 11.6 Å². The summed E-state index contributed by atoms with van der Waals surface area (Å²) >= 11 is 5.88. The van der Waals surface area contributed by atoms with E-state index in [1.165, 1.54) is 12.1 Å². The van der Waals surface area contributed by atoms with Gasteiger partial charge in [-0.2, -0.15) is 0 Å². The Morgan fingerprint density at radius 3 is 2.48 bits per heavy atom. The highest BCUT2D eigenvalue weighted by Gasteiger charge is 2.19. The second kappa shape index (κ2) is 5.63. The van der Waals surface area contributed by atoms with E-state index in [4.69, 9.17) is 17.3 Å². The van der Waals surface area contributed by atoms with Gasteiger partial charge in [0.05, 0.1) is 21.2 Å². The zero-order chi connectivity index (χ0) is 15.6. The first-order chi connectivity index (χ1) is 9.81. The molecule has 2 aromatic carbocycles. The van der Waals surface area contributed by atoms with E-state index in [0.717, 1.165) is 18.2 Å². The number of phenols is 1. The molecule has 0 aliphatic rings. The number of sulfonamides is 1. The van der Waals surface area contributed by atoms with Crippen molar-refractivity contribution in [2.75, 3.05) is 4.72 Å². The van der Waals surface area contributed by atoms with Crippen LogP contribution in [0.1, 0.15) is 10.4 Å². The second-order valence-corrected chi connectivity index (χ2v) is 6.22. The number of rotatable bonds is 4. The first-order valence-electron chi connectivity index (χ1n) is 5.71. The average Bonchev–Trinajstić information content (AvgIpc) is 2.41. The molecule has 1 amide bonds. The Hall–Kier alpha value is -2.25. The van der Waals surface area contributed by atoms with E-state index in [-0.39, 0.29) is 26.9 Å². The van der Waals surface area contributed by atoms with Crippen LogP contribution in [0, 0.1) is 0 Å². The van der Waals surface area contributed by atoms with Crippen LogP contribution in [-0.4, -0.2) is 19.4 Å². The Morgan fingerprint density at radius 1 is 1.19 bits per heavy atom. The van der Waals surface area contributed by atoms with Crippen LogP contribution in [0.5, 0.6) is 5.75 Å². The summed E-state index contributed by atoms with van der Waals surface area (Å²) in [7, 11) is -3.96. The normalized spacial score (nSPS) is 11.1. The predicted octanol–water partition coefficient (Wildman–Crippen LogP) is 1.95. The molecule has 0 radical (unpaired) electrons. The maximum atomic E-state index is 12.2. The van der Waals surface area contributed by atoms with E-state index in [1.54, 1.807) is 12.1 Å². The van der Waals surface area contributed by atoms with Gasteiger partial charge < -0.3 is 10.8 Å². The molecule has 0 saturated heterocycles. The standard InChI is InChI=1S/C13H11ClN2O4S/c14-10-3-1-2-4-11(10)16-21(19,20)8-5-6-12(17)9(7-8)13(15)18/h1-7,16-17H,(H2,15,18). The predicted molar refractivity (Wildman–Crippen MR) is 78.9 cm³/mol. The number of nitrogens with two attached hydrogens (primary N) is 1. The van der Waals surface area contributed by atoms with Crippen LogP contribution < -0.4 is 10.5 Å². The smallest absolute Gasteiger partial charge is 0.261 e. The molecule has 2 aromatic rings. The number of hydrogen-bond donors (Lipinski definition) is 3. The number of hydrogen-bond acceptors (Lipinski definition) is 4. The minimum atomic E-state index is -3.96. The fourth-order valence-corrected chi connectivity index (χ4v) is 2.97. The maximum Gasteiger partial charge on any atom is 0.261 e. The number of nitrogens with one attached hydrogen (secondary N) is 1. The van der Waals surface area contributed by atoms with E-state index < -0.39 is 15.9 Å². The first kappa shape index (κ1) is 15.1. The summed E-state index contributed by atoms with van der Waals surface area (Å²) in [6.07, 6.45) is 0. The number of carbonyl (C=O) groups is 1. The Balaban J connectivity index is 2.43. The molecule has 8 heteroatoms. The van der Waals surface area contributed by atoms with Crippen LogP contribution in [0.25, 0.3) is 0 Å². The van der Waals surface area contributed by atoms with Crippen LogP contribution in [-0.2, 0) is 10.0 Å². The minimum Gasteiger partial charge on any atom is -0.507 e. The highest BCUT2D eigenvalue weighted by Crippen LogP contribution is 2.26. The maximum absolute atomic E-state index is 12.2. The third kappa shape index (κ3) is 3.26. The van der Waals surface area contributed by atoms with Crippen molar-refractivity contribution in [3.8, 4) is 5.75 Å². The minimum absolute atomic E-state index is 0.202. The Morgan fingerprint density at radius 2 is 1.86 bits per heavy atom. The second-order valence-electron chi connectivity index (χ2n) is 4.13. The van der Waals surface area contributed by atoms with Gasteiger partial charge in [-0.1, -0.05) is 23.7 Å². The summed E-state index contributed by atoms with van der Waals surface area (Å²) in [4.78, 5) is 10.9. The fourth-order valence-electron chi connectivity index (χ4n) is 1.63. The van der Waals surface area contributed by atoms with Gasteiger partial charge in [0.25, 0.3) is 15.9 Å². The quantitative estimate of drug-likeness (QED) is 0.797. The number of benzene rings is 2. The highest BCUT2D eigenvalue weighted by atomic mass is 35.5. The van der Waals surface area contributed by atoms with Crippen molar-refractivity contribution in [1.82, 2.24) is 0 Å². The molecule has 0 spiro atoms. The SMILES string of the molecule is NC(=O)c1cc(S(=O)(=O)Nc2ccccc2Cl)ccc1O. The molecule has 0 aliphatic carbocycles. The van der Waals surface area contributed by atoms with Crippen molar-refractivity contribution in [3.05, 3.63) is 53.1 Å². The summed E-state index contributed by atoms with van der Waals surface area (Å²) in [6, 6.07) is 9.54.